The van der Waals surface area contributed by atoms with Crippen molar-refractivity contribution < 1.29 is 26.0 Å². The largest absolute Gasteiger partial charge is 0.407 e. The minimum Gasteiger partial charge on any atom is -0.407 e. The number of nitrogens with zero attached hydrogens (tertiary/aromatic N) is 3. The molecule has 1 aliphatic heterocycles. The van der Waals surface area contributed by atoms with Gasteiger partial charge in [-0.3, -0.25) is 10.1 Å². The van der Waals surface area contributed by atoms with Crippen LogP contribution in [0.3, 0.4) is 0 Å². The maximum absolute atomic E-state index is 13.0. The topological polar surface area (TPSA) is 140 Å². The Morgan fingerprint density at radius 3 is 2.54 bits per heavy atom. The molecule has 1 unspecified atom stereocenters. The van der Waals surface area contributed by atoms with Crippen molar-refractivity contribution in [2.75, 3.05) is 11.9 Å². The molecule has 3 aromatic rings. The molecule has 1 amide bonds. The van der Waals surface area contributed by atoms with Crippen molar-refractivity contribution in [3.8, 4) is 0 Å². The molecule has 0 bridgehead atoms. The average Bonchev–Trinajstić information content (AvgIpc) is 3.52. The van der Waals surface area contributed by atoms with Gasteiger partial charge in [-0.2, -0.15) is 4.31 Å². The minimum atomic E-state index is -3.78. The molecular formula is C22H26N4O6S3. The third-order valence-corrected chi connectivity index (χ3v) is 11.2. The van der Waals surface area contributed by atoms with Crippen LogP contribution in [0, 0.1) is 0 Å². The van der Waals surface area contributed by atoms with Crippen LogP contribution in [0.25, 0.3) is 0 Å². The first-order valence-electron chi connectivity index (χ1n) is 11.1. The van der Waals surface area contributed by atoms with Crippen LogP contribution >= 0.6 is 11.3 Å². The monoisotopic (exact) mass is 538 g/mol. The van der Waals surface area contributed by atoms with E-state index < -0.39 is 37.1 Å². The number of carbonyl (C=O) groups is 1. The van der Waals surface area contributed by atoms with Crippen LogP contribution < -0.4 is 5.32 Å². The Balaban J connectivity index is 1.43. The maximum Gasteiger partial charge on any atom is 0.322 e. The second kappa shape index (κ2) is 10.2. The van der Waals surface area contributed by atoms with Crippen molar-refractivity contribution in [3.05, 3.63) is 53.2 Å². The van der Waals surface area contributed by atoms with Crippen molar-refractivity contribution in [1.82, 2.24) is 14.5 Å². The Hall–Kier alpha value is -2.61. The number of carbonyl (C=O) groups excluding carboxylic acids is 1. The van der Waals surface area contributed by atoms with Gasteiger partial charge in [-0.1, -0.05) is 29.7 Å². The predicted octanol–water partition coefficient (Wildman–Crippen LogP) is 3.09. The fourth-order valence-corrected chi connectivity index (χ4v) is 7.62. The lowest BCUT2D eigenvalue weighted by Crippen LogP contribution is -2.49. The zero-order chi connectivity index (χ0) is 25.2. The summed E-state index contributed by atoms with van der Waals surface area (Å²) in [6, 6.07) is 8.61. The molecule has 1 N–H and O–H groups in total. The summed E-state index contributed by atoms with van der Waals surface area (Å²) in [6.45, 7) is 3.51. The molecule has 35 heavy (non-hydrogen) atoms. The van der Waals surface area contributed by atoms with Crippen molar-refractivity contribution in [2.24, 2.45) is 0 Å². The standard InChI is InChI=1S/C22H26N4O6S3/c1-15(2)34(28,29)17-10-8-16(9-11-17)14-19-24-25-22(32-19)23-21(27)18-6-3-4-12-26(18)35(30,31)20-7-5-13-33-20/h5,7-11,13,15,18H,3-4,6,12,14H2,1-2H3,(H,23,25,27). The number of aromatic nitrogens is 2. The first-order chi connectivity index (χ1) is 16.6. The number of sulfonamides is 1. The molecule has 0 saturated carbocycles. The third kappa shape index (κ3) is 5.47. The average molecular weight is 539 g/mol. The van der Waals surface area contributed by atoms with Crippen LogP contribution in [-0.2, 0) is 31.1 Å². The zero-order valence-corrected chi connectivity index (χ0v) is 21.7. The summed E-state index contributed by atoms with van der Waals surface area (Å²) in [6.07, 6.45) is 2.04. The molecular weight excluding hydrogens is 512 g/mol. The van der Waals surface area contributed by atoms with Crippen molar-refractivity contribution >= 4 is 43.1 Å². The van der Waals surface area contributed by atoms with Crippen molar-refractivity contribution in [3.63, 3.8) is 0 Å². The van der Waals surface area contributed by atoms with Gasteiger partial charge in [0.2, 0.25) is 11.8 Å². The van der Waals surface area contributed by atoms with E-state index in [9.17, 15) is 21.6 Å². The molecule has 2 aromatic heterocycles. The Morgan fingerprint density at radius 1 is 1.14 bits per heavy atom. The molecule has 1 saturated heterocycles. The molecule has 1 atom stereocenters. The Kier molecular flexibility index (Phi) is 7.40. The molecule has 1 aliphatic rings. The summed E-state index contributed by atoms with van der Waals surface area (Å²) in [5.74, 6) is -0.297. The van der Waals surface area contributed by atoms with Gasteiger partial charge in [0.25, 0.3) is 10.0 Å². The van der Waals surface area contributed by atoms with Gasteiger partial charge in [0.1, 0.15) is 10.3 Å². The molecule has 188 valence electrons. The van der Waals surface area contributed by atoms with Crippen LogP contribution in [0.1, 0.15) is 44.6 Å². The lowest BCUT2D eigenvalue weighted by molar-refractivity contribution is -0.120. The SMILES string of the molecule is CC(C)S(=O)(=O)c1ccc(Cc2nnc(NC(=O)C3CCCCN3S(=O)(=O)c3cccs3)o2)cc1. The molecule has 0 spiro atoms. The van der Waals surface area contributed by atoms with E-state index in [1.54, 1.807) is 37.4 Å². The molecule has 0 aliphatic carbocycles. The second-order valence-corrected chi connectivity index (χ2v) is 14.0. The minimum absolute atomic E-state index is 0.122. The van der Waals surface area contributed by atoms with E-state index in [0.717, 1.165) is 23.3 Å². The van der Waals surface area contributed by atoms with E-state index in [1.807, 2.05) is 0 Å². The lowest BCUT2D eigenvalue weighted by Gasteiger charge is -2.32. The van der Waals surface area contributed by atoms with Gasteiger partial charge in [0.05, 0.1) is 16.6 Å². The Morgan fingerprint density at radius 2 is 1.89 bits per heavy atom. The first kappa shape index (κ1) is 25.5. The van der Waals surface area contributed by atoms with Gasteiger partial charge >= 0.3 is 6.01 Å². The number of nitrogens with one attached hydrogen (secondary N) is 1. The van der Waals surface area contributed by atoms with E-state index in [-0.39, 0.29) is 34.0 Å². The number of hydrogen-bond acceptors (Lipinski definition) is 9. The van der Waals surface area contributed by atoms with E-state index in [0.29, 0.717) is 12.8 Å². The fraction of sp³-hybridized carbons (Fsp3) is 0.409. The summed E-state index contributed by atoms with van der Waals surface area (Å²) in [7, 11) is -7.14. The maximum atomic E-state index is 13.0. The van der Waals surface area contributed by atoms with Gasteiger partial charge in [-0.05, 0) is 55.8 Å². The summed E-state index contributed by atoms with van der Waals surface area (Å²) in [5, 5.41) is 11.5. The highest BCUT2D eigenvalue weighted by Gasteiger charge is 2.38. The smallest absolute Gasteiger partial charge is 0.322 e. The number of piperidine rings is 1. The molecule has 3 heterocycles. The number of rotatable bonds is 8. The summed E-state index contributed by atoms with van der Waals surface area (Å²) in [5.41, 5.74) is 0.759. The van der Waals surface area contributed by atoms with Gasteiger partial charge in [-0.25, -0.2) is 16.8 Å². The van der Waals surface area contributed by atoms with Crippen molar-refractivity contribution in [2.45, 2.75) is 59.9 Å². The van der Waals surface area contributed by atoms with Gasteiger partial charge in [-0.15, -0.1) is 16.4 Å². The number of sulfone groups is 1. The van der Waals surface area contributed by atoms with E-state index in [2.05, 4.69) is 15.5 Å². The zero-order valence-electron chi connectivity index (χ0n) is 19.2. The lowest BCUT2D eigenvalue weighted by atomic mass is 10.0. The normalized spacial score (nSPS) is 17.5. The number of anilines is 1. The summed E-state index contributed by atoms with van der Waals surface area (Å²) >= 11 is 1.11. The van der Waals surface area contributed by atoms with E-state index in [4.69, 9.17) is 4.42 Å². The van der Waals surface area contributed by atoms with Crippen LogP contribution in [0.2, 0.25) is 0 Å². The van der Waals surface area contributed by atoms with Crippen LogP contribution in [0.5, 0.6) is 0 Å². The highest BCUT2D eigenvalue weighted by atomic mass is 32.2. The van der Waals surface area contributed by atoms with E-state index in [1.165, 1.54) is 22.5 Å². The second-order valence-electron chi connectivity index (χ2n) is 8.46. The molecule has 4 rings (SSSR count). The number of thiophene rings is 1. The number of benzene rings is 1. The predicted molar refractivity (Wildman–Crippen MR) is 130 cm³/mol. The molecule has 13 heteroatoms. The molecule has 1 aromatic carbocycles. The van der Waals surface area contributed by atoms with Crippen LogP contribution in [0.4, 0.5) is 6.01 Å². The Labute approximate surface area is 208 Å². The van der Waals surface area contributed by atoms with Crippen molar-refractivity contribution in [1.29, 1.82) is 0 Å². The van der Waals surface area contributed by atoms with Crippen LogP contribution in [-0.4, -0.2) is 55.1 Å². The number of hydrogen-bond donors (Lipinski definition) is 1. The molecule has 0 radical (unpaired) electrons. The Bertz CT molecular complexity index is 1380. The summed E-state index contributed by atoms with van der Waals surface area (Å²) < 4.78 is 57.5. The van der Waals surface area contributed by atoms with Gasteiger partial charge in [0, 0.05) is 6.54 Å². The van der Waals surface area contributed by atoms with E-state index >= 15 is 0 Å². The first-order valence-corrected chi connectivity index (χ1v) is 15.0. The highest BCUT2D eigenvalue weighted by Crippen LogP contribution is 2.28. The number of amides is 1. The summed E-state index contributed by atoms with van der Waals surface area (Å²) in [4.78, 5) is 13.2. The highest BCUT2D eigenvalue weighted by molar-refractivity contribution is 7.92. The third-order valence-electron chi connectivity index (χ3n) is 5.74. The fourth-order valence-electron chi connectivity index (χ4n) is 3.79. The quantitative estimate of drug-likeness (QED) is 0.461. The van der Waals surface area contributed by atoms with Crippen LogP contribution in [0.15, 0.2) is 55.3 Å². The molecule has 10 nitrogen and oxygen atoms in total. The van der Waals surface area contributed by atoms with Gasteiger partial charge in [0.15, 0.2) is 9.84 Å². The molecule has 1 fully saturated rings. The van der Waals surface area contributed by atoms with Gasteiger partial charge < -0.3 is 4.42 Å².